The fourth-order valence-electron chi connectivity index (χ4n) is 7.71. The van der Waals surface area contributed by atoms with Crippen LogP contribution in [-0.2, 0) is 19.6 Å². The highest BCUT2D eigenvalue weighted by Crippen LogP contribution is 2.40. The zero-order valence-corrected chi connectivity index (χ0v) is 33.2. The molecule has 304 valence electrons. The number of hydrogen-bond acceptors (Lipinski definition) is 13. The summed E-state index contributed by atoms with van der Waals surface area (Å²) in [5, 5.41) is 3.68. The van der Waals surface area contributed by atoms with E-state index < -0.39 is 0 Å². The highest BCUT2D eigenvalue weighted by Gasteiger charge is 2.22. The fourth-order valence-corrected chi connectivity index (χ4v) is 7.71. The molecule has 0 atom stereocenters. The summed E-state index contributed by atoms with van der Waals surface area (Å²) in [7, 11) is 4.90. The van der Waals surface area contributed by atoms with Gasteiger partial charge in [0.1, 0.15) is 24.7 Å². The number of nitrogens with zero attached hydrogens (tertiary/aromatic N) is 6. The third kappa shape index (κ3) is 9.85. The highest BCUT2D eigenvalue weighted by molar-refractivity contribution is 5.77. The standard InChI is InChI=1S/C26H32N4O5.C16H22N4O2/c1-32-20-3-4-21-22(15-20)30(25(31)17-28-21)10-9-29-7-5-19(6-8-29)27-16-18-13-23(33-2)26-24(14-18)34-11-12-35-26;1-22-13-2-3-14-15(10-13)20(16(21)11-18-14)9-8-19-6-4-12(17)5-7-19/h3-4,13-15,17,19,27H,5-12,16H2,1-2H3;2-3,10-12H,4-9,17H2,1H3. The van der Waals surface area contributed by atoms with E-state index in [4.69, 9.17) is 29.4 Å². The zero-order valence-electron chi connectivity index (χ0n) is 33.2. The lowest BCUT2D eigenvalue weighted by Gasteiger charge is -2.32. The molecule has 2 fully saturated rings. The normalized spacial score (nSPS) is 16.6. The molecule has 3 N–H and O–H groups in total. The van der Waals surface area contributed by atoms with Crippen molar-refractivity contribution >= 4 is 22.1 Å². The quantitative estimate of drug-likeness (QED) is 0.190. The molecule has 57 heavy (non-hydrogen) atoms. The van der Waals surface area contributed by atoms with Gasteiger partial charge in [-0.2, -0.15) is 0 Å². The summed E-state index contributed by atoms with van der Waals surface area (Å²) < 4.78 is 31.1. The lowest BCUT2D eigenvalue weighted by molar-refractivity contribution is 0.164. The van der Waals surface area contributed by atoms with Crippen molar-refractivity contribution in [2.45, 2.75) is 57.4 Å². The molecule has 3 aromatic carbocycles. The van der Waals surface area contributed by atoms with Crippen molar-refractivity contribution in [3.63, 3.8) is 0 Å². The maximum atomic E-state index is 12.5. The third-order valence-corrected chi connectivity index (χ3v) is 11.1. The Balaban J connectivity index is 0.000000194. The number of nitrogens with two attached hydrogens (primary N) is 1. The Labute approximate surface area is 332 Å². The SMILES string of the molecule is COc1ccc2ncc(=O)n(CCN3CCC(N)CC3)c2c1.COc1ccc2ncc(=O)n(CCN3CCC(NCc4cc(OC)c5c(c4)OCCO5)CC3)c2c1. The van der Waals surface area contributed by atoms with Gasteiger partial charge in [-0.25, -0.2) is 9.97 Å². The lowest BCUT2D eigenvalue weighted by Crippen LogP contribution is -2.43. The smallest absolute Gasteiger partial charge is 0.269 e. The molecule has 0 aliphatic carbocycles. The summed E-state index contributed by atoms with van der Waals surface area (Å²) in [6.07, 6.45) is 6.96. The van der Waals surface area contributed by atoms with Crippen molar-refractivity contribution in [2.75, 3.05) is 73.8 Å². The minimum absolute atomic E-state index is 0.0746. The van der Waals surface area contributed by atoms with Crippen molar-refractivity contribution in [2.24, 2.45) is 5.73 Å². The number of fused-ring (bicyclic) bond motifs is 3. The predicted octanol–water partition coefficient (Wildman–Crippen LogP) is 3.27. The van der Waals surface area contributed by atoms with Gasteiger partial charge in [-0.1, -0.05) is 0 Å². The van der Waals surface area contributed by atoms with Crippen molar-refractivity contribution < 1.29 is 23.7 Å². The molecule has 0 saturated carbocycles. The second-order valence-electron chi connectivity index (χ2n) is 14.7. The molecule has 2 saturated heterocycles. The maximum Gasteiger partial charge on any atom is 0.269 e. The Morgan fingerprint density at radius 1 is 0.702 bits per heavy atom. The molecule has 3 aliphatic rings. The number of likely N-dealkylation sites (tertiary alicyclic amines) is 2. The van der Waals surface area contributed by atoms with Crippen LogP contribution in [0.25, 0.3) is 22.1 Å². The summed E-state index contributed by atoms with van der Waals surface area (Å²) in [6.45, 7) is 8.78. The van der Waals surface area contributed by atoms with Crippen LogP contribution in [0.4, 0.5) is 0 Å². The number of ether oxygens (including phenoxy) is 5. The molecule has 0 bridgehead atoms. The maximum absolute atomic E-state index is 12.5. The van der Waals surface area contributed by atoms with Crippen LogP contribution in [-0.4, -0.2) is 115 Å². The largest absolute Gasteiger partial charge is 0.497 e. The van der Waals surface area contributed by atoms with E-state index in [-0.39, 0.29) is 11.1 Å². The molecule has 0 spiro atoms. The van der Waals surface area contributed by atoms with Gasteiger partial charge in [-0.05, 0) is 93.8 Å². The van der Waals surface area contributed by atoms with Crippen LogP contribution in [0.5, 0.6) is 28.7 Å². The Kier molecular flexibility index (Phi) is 13.2. The molecule has 2 aromatic heterocycles. The molecule has 15 nitrogen and oxygen atoms in total. The van der Waals surface area contributed by atoms with Crippen molar-refractivity contribution in [1.82, 2.24) is 34.2 Å². The lowest BCUT2D eigenvalue weighted by atomic mass is 10.0. The number of hydrogen-bond donors (Lipinski definition) is 2. The predicted molar refractivity (Wildman–Crippen MR) is 219 cm³/mol. The van der Waals surface area contributed by atoms with Crippen molar-refractivity contribution in [3.05, 3.63) is 87.2 Å². The van der Waals surface area contributed by atoms with Gasteiger partial charge in [0.2, 0.25) is 5.75 Å². The van der Waals surface area contributed by atoms with E-state index in [9.17, 15) is 9.59 Å². The van der Waals surface area contributed by atoms with Gasteiger partial charge < -0.3 is 53.7 Å². The zero-order chi connectivity index (χ0) is 39.7. The summed E-state index contributed by atoms with van der Waals surface area (Å²) in [5.41, 5.74) is 10.1. The number of nitrogens with one attached hydrogen (secondary N) is 1. The number of rotatable bonds is 12. The van der Waals surface area contributed by atoms with E-state index in [1.54, 1.807) is 30.5 Å². The number of aromatic nitrogens is 4. The Bertz CT molecular complexity index is 2230. The van der Waals surface area contributed by atoms with E-state index in [1.807, 2.05) is 48.5 Å². The molecule has 0 unspecified atom stereocenters. The number of methoxy groups -OCH3 is 3. The number of piperidine rings is 2. The van der Waals surface area contributed by atoms with Gasteiger partial charge in [0.15, 0.2) is 11.5 Å². The Hall–Kier alpha value is -5.22. The van der Waals surface area contributed by atoms with Crippen LogP contribution in [0.15, 0.2) is 70.5 Å². The van der Waals surface area contributed by atoms with Crippen LogP contribution in [0.1, 0.15) is 31.2 Å². The van der Waals surface area contributed by atoms with Crippen LogP contribution in [0.2, 0.25) is 0 Å². The molecule has 8 rings (SSSR count). The monoisotopic (exact) mass is 782 g/mol. The molecule has 5 aromatic rings. The topological polar surface area (TPSA) is 160 Å². The van der Waals surface area contributed by atoms with Crippen molar-refractivity contribution in [3.8, 4) is 28.7 Å². The first kappa shape index (κ1) is 40.0. The first-order valence-corrected chi connectivity index (χ1v) is 19.8. The summed E-state index contributed by atoms with van der Waals surface area (Å²) in [6, 6.07) is 16.1. The average molecular weight is 783 g/mol. The average Bonchev–Trinajstić information content (AvgIpc) is 3.25. The van der Waals surface area contributed by atoms with Gasteiger partial charge in [-0.3, -0.25) is 9.59 Å². The van der Waals surface area contributed by atoms with E-state index in [1.165, 1.54) is 12.4 Å². The van der Waals surface area contributed by atoms with Gasteiger partial charge >= 0.3 is 0 Å². The molecule has 0 radical (unpaired) electrons. The fraction of sp³-hybridized carbons (Fsp3) is 0.476. The second kappa shape index (κ2) is 18.8. The van der Waals surface area contributed by atoms with Gasteiger partial charge in [0.05, 0.1) is 55.8 Å². The molecule has 3 aliphatic heterocycles. The van der Waals surface area contributed by atoms with Crippen LogP contribution >= 0.6 is 0 Å². The van der Waals surface area contributed by atoms with Crippen LogP contribution < -0.4 is 45.9 Å². The van der Waals surface area contributed by atoms with Gasteiger partial charge in [0.25, 0.3) is 11.1 Å². The van der Waals surface area contributed by atoms with E-state index in [0.717, 1.165) is 116 Å². The Morgan fingerprint density at radius 2 is 1.25 bits per heavy atom. The summed E-state index contributed by atoms with van der Waals surface area (Å²) in [5.74, 6) is 3.61. The third-order valence-electron chi connectivity index (χ3n) is 11.1. The molecule has 5 heterocycles. The minimum Gasteiger partial charge on any atom is -0.497 e. The Morgan fingerprint density at radius 3 is 1.79 bits per heavy atom. The first-order chi connectivity index (χ1) is 27.8. The van der Waals surface area contributed by atoms with Gasteiger partial charge in [0, 0.05) is 56.9 Å². The van der Waals surface area contributed by atoms with Crippen LogP contribution in [0.3, 0.4) is 0 Å². The molecule has 0 amide bonds. The van der Waals surface area contributed by atoms with E-state index in [2.05, 4.69) is 25.1 Å². The molecular formula is C42H54N8O7. The second-order valence-corrected chi connectivity index (χ2v) is 14.7. The van der Waals surface area contributed by atoms with Gasteiger partial charge in [-0.15, -0.1) is 0 Å². The van der Waals surface area contributed by atoms with Crippen LogP contribution in [0, 0.1) is 0 Å². The minimum atomic E-state index is -0.0860. The molecular weight excluding hydrogens is 729 g/mol. The van der Waals surface area contributed by atoms with E-state index >= 15 is 0 Å². The molecule has 15 heteroatoms. The number of benzene rings is 3. The summed E-state index contributed by atoms with van der Waals surface area (Å²) in [4.78, 5) is 38.0. The van der Waals surface area contributed by atoms with E-state index in [0.29, 0.717) is 49.9 Å². The summed E-state index contributed by atoms with van der Waals surface area (Å²) >= 11 is 0. The highest BCUT2D eigenvalue weighted by atomic mass is 16.6. The van der Waals surface area contributed by atoms with Crippen molar-refractivity contribution in [1.29, 1.82) is 0 Å². The first-order valence-electron chi connectivity index (χ1n) is 19.8.